The maximum Gasteiger partial charge on any atom is 0.258 e. The SMILES string of the molecule is CC1CCN(CCCNc2cc3c(c4c2C(=O)c2ccccc2C4=O)[NH+]=C2C=CC=CC2O3)CC1. The number of carbonyl (C=O) groups is 2. The van der Waals surface area contributed by atoms with Crippen molar-refractivity contribution in [1.82, 2.24) is 4.90 Å². The third kappa shape index (κ3) is 3.92. The van der Waals surface area contributed by atoms with E-state index in [0.29, 0.717) is 39.4 Å². The summed E-state index contributed by atoms with van der Waals surface area (Å²) in [6.45, 7) is 6.38. The lowest BCUT2D eigenvalue weighted by Gasteiger charge is -2.30. The summed E-state index contributed by atoms with van der Waals surface area (Å²) >= 11 is 0. The largest absolute Gasteiger partial charge is 0.468 e. The van der Waals surface area contributed by atoms with Crippen molar-refractivity contribution in [1.29, 1.82) is 0 Å². The molecule has 1 atom stereocenters. The summed E-state index contributed by atoms with van der Waals surface area (Å²) in [6, 6.07) is 8.96. The second-order valence-corrected chi connectivity index (χ2v) is 9.92. The van der Waals surface area contributed by atoms with E-state index in [1.807, 2.05) is 30.4 Å². The molecular formula is C29H30N3O3+. The first-order chi connectivity index (χ1) is 17.1. The molecule has 0 saturated carbocycles. The van der Waals surface area contributed by atoms with Gasteiger partial charge >= 0.3 is 0 Å². The number of rotatable bonds is 5. The van der Waals surface area contributed by atoms with Gasteiger partial charge in [0.05, 0.1) is 11.3 Å². The maximum absolute atomic E-state index is 13.7. The number of anilines is 1. The highest BCUT2D eigenvalue weighted by atomic mass is 16.5. The molecule has 1 fully saturated rings. The van der Waals surface area contributed by atoms with Crippen LogP contribution in [0.4, 0.5) is 11.4 Å². The molecule has 178 valence electrons. The predicted molar refractivity (Wildman–Crippen MR) is 136 cm³/mol. The lowest BCUT2D eigenvalue weighted by Crippen LogP contribution is -2.72. The van der Waals surface area contributed by atoms with Gasteiger partial charge in [0.2, 0.25) is 17.6 Å². The first-order valence-electron chi connectivity index (χ1n) is 12.6. The van der Waals surface area contributed by atoms with Crippen LogP contribution in [-0.4, -0.2) is 54.5 Å². The van der Waals surface area contributed by atoms with Gasteiger partial charge < -0.3 is 15.0 Å². The first kappa shape index (κ1) is 22.0. The lowest BCUT2D eigenvalue weighted by molar-refractivity contribution is -0.362. The van der Waals surface area contributed by atoms with Gasteiger partial charge in [-0.3, -0.25) is 9.59 Å². The number of allylic oxidation sites excluding steroid dienone is 2. The number of nitrogens with one attached hydrogen (secondary N) is 2. The van der Waals surface area contributed by atoms with E-state index in [0.717, 1.165) is 44.2 Å². The van der Waals surface area contributed by atoms with Crippen LogP contribution in [0, 0.1) is 5.92 Å². The Morgan fingerprint density at radius 3 is 2.57 bits per heavy atom. The van der Waals surface area contributed by atoms with Gasteiger partial charge in [-0.05, 0) is 50.9 Å². The molecule has 2 aliphatic heterocycles. The predicted octanol–water partition coefficient (Wildman–Crippen LogP) is 3.04. The van der Waals surface area contributed by atoms with E-state index in [4.69, 9.17) is 4.74 Å². The maximum atomic E-state index is 13.7. The van der Waals surface area contributed by atoms with Gasteiger partial charge in [-0.1, -0.05) is 43.3 Å². The highest BCUT2D eigenvalue weighted by Crippen LogP contribution is 2.41. The van der Waals surface area contributed by atoms with Crippen LogP contribution < -0.4 is 15.0 Å². The number of ketones is 2. The highest BCUT2D eigenvalue weighted by Gasteiger charge is 2.41. The summed E-state index contributed by atoms with van der Waals surface area (Å²) in [5.74, 6) is 1.13. The monoisotopic (exact) mass is 468 g/mol. The van der Waals surface area contributed by atoms with Crippen molar-refractivity contribution < 1.29 is 19.3 Å². The summed E-state index contributed by atoms with van der Waals surface area (Å²) in [5, 5.41) is 3.48. The molecule has 35 heavy (non-hydrogen) atoms. The van der Waals surface area contributed by atoms with Crippen LogP contribution in [-0.2, 0) is 0 Å². The van der Waals surface area contributed by atoms with Crippen LogP contribution in [0.15, 0.2) is 54.6 Å². The van der Waals surface area contributed by atoms with E-state index in [9.17, 15) is 9.59 Å². The van der Waals surface area contributed by atoms with Crippen molar-refractivity contribution in [2.24, 2.45) is 5.92 Å². The topological polar surface area (TPSA) is 72.6 Å². The van der Waals surface area contributed by atoms with Gasteiger partial charge in [0.1, 0.15) is 5.56 Å². The van der Waals surface area contributed by atoms with E-state index in [2.05, 4.69) is 22.1 Å². The quantitative estimate of drug-likeness (QED) is 0.564. The Labute approximate surface area is 205 Å². The van der Waals surface area contributed by atoms with Crippen LogP contribution in [0.2, 0.25) is 0 Å². The fourth-order valence-corrected chi connectivity index (χ4v) is 5.46. The number of nitrogens with zero attached hydrogens (tertiary/aromatic N) is 1. The minimum atomic E-state index is -0.235. The molecule has 2 aromatic carbocycles. The highest BCUT2D eigenvalue weighted by molar-refractivity contribution is 6.32. The number of piperidine rings is 1. The Bertz CT molecular complexity index is 1300. The van der Waals surface area contributed by atoms with Crippen molar-refractivity contribution >= 4 is 28.7 Å². The Balaban J connectivity index is 1.34. The molecule has 0 amide bonds. The Hall–Kier alpha value is -3.51. The standard InChI is InChI=1S/C29H29N3O3/c1-18-11-15-32(16-12-18)14-6-13-30-22-17-24-27(31-21-9-4-5-10-23(21)35-24)26-25(22)28(33)19-7-2-3-8-20(19)29(26)34/h2-5,7-10,17-18,23,30H,6,11-16H2,1H3/p+1. The van der Waals surface area contributed by atoms with Crippen molar-refractivity contribution in [2.45, 2.75) is 32.3 Å². The fraction of sp³-hybridized carbons (Fsp3) is 0.345. The number of hydrogen-bond donors (Lipinski definition) is 2. The minimum absolute atomic E-state index is 0.126. The molecule has 0 bridgehead atoms. The van der Waals surface area contributed by atoms with Crippen LogP contribution in [0.3, 0.4) is 0 Å². The van der Waals surface area contributed by atoms with Gasteiger partial charge in [0.15, 0.2) is 11.5 Å². The molecular weight excluding hydrogens is 438 g/mol. The van der Waals surface area contributed by atoms with Gasteiger partial charge in [0.25, 0.3) is 5.69 Å². The molecule has 1 saturated heterocycles. The summed E-state index contributed by atoms with van der Waals surface area (Å²) in [6.07, 6.45) is 11.0. The molecule has 6 nitrogen and oxygen atoms in total. The smallest absolute Gasteiger partial charge is 0.258 e. The van der Waals surface area contributed by atoms with E-state index < -0.39 is 0 Å². The zero-order chi connectivity index (χ0) is 23.9. The van der Waals surface area contributed by atoms with E-state index in [1.54, 1.807) is 24.3 Å². The average molecular weight is 469 g/mol. The van der Waals surface area contributed by atoms with E-state index in [-0.39, 0.29) is 17.7 Å². The molecule has 2 heterocycles. The molecule has 0 aromatic heterocycles. The molecule has 2 aliphatic carbocycles. The molecule has 0 spiro atoms. The number of hydrogen-bond acceptors (Lipinski definition) is 5. The Kier molecular flexibility index (Phi) is 5.61. The summed E-state index contributed by atoms with van der Waals surface area (Å²) in [7, 11) is 0. The zero-order valence-electron chi connectivity index (χ0n) is 20.0. The summed E-state index contributed by atoms with van der Waals surface area (Å²) in [5.41, 5.74) is 3.83. The molecule has 1 unspecified atom stereocenters. The number of fused-ring (bicyclic) bond motifs is 5. The van der Waals surface area contributed by atoms with Crippen molar-refractivity contribution in [3.63, 3.8) is 0 Å². The van der Waals surface area contributed by atoms with Crippen LogP contribution in [0.1, 0.15) is 58.0 Å². The number of benzene rings is 2. The van der Waals surface area contributed by atoms with Gasteiger partial charge in [-0.25, -0.2) is 4.99 Å². The minimum Gasteiger partial charge on any atom is -0.468 e. The summed E-state index contributed by atoms with van der Waals surface area (Å²) < 4.78 is 6.28. The number of likely N-dealkylation sites (tertiary alicyclic amines) is 1. The lowest BCUT2D eigenvalue weighted by atomic mass is 9.81. The fourth-order valence-electron chi connectivity index (χ4n) is 5.46. The first-order valence-corrected chi connectivity index (χ1v) is 12.6. The Morgan fingerprint density at radius 2 is 1.80 bits per heavy atom. The molecule has 6 heteroatoms. The van der Waals surface area contributed by atoms with Gasteiger partial charge in [-0.2, -0.15) is 0 Å². The van der Waals surface area contributed by atoms with Crippen LogP contribution in [0.25, 0.3) is 0 Å². The average Bonchev–Trinajstić information content (AvgIpc) is 2.89. The van der Waals surface area contributed by atoms with Crippen LogP contribution >= 0.6 is 0 Å². The molecule has 2 N–H and O–H groups in total. The summed E-state index contributed by atoms with van der Waals surface area (Å²) in [4.78, 5) is 33.2. The van der Waals surface area contributed by atoms with E-state index >= 15 is 0 Å². The van der Waals surface area contributed by atoms with Crippen molar-refractivity contribution in [3.05, 3.63) is 76.9 Å². The normalized spacial score (nSPS) is 20.9. The van der Waals surface area contributed by atoms with E-state index in [1.165, 1.54) is 12.8 Å². The third-order valence-electron chi connectivity index (χ3n) is 7.51. The zero-order valence-corrected chi connectivity index (χ0v) is 20.0. The second-order valence-electron chi connectivity index (χ2n) is 9.92. The molecule has 2 aromatic rings. The van der Waals surface area contributed by atoms with Crippen molar-refractivity contribution in [3.8, 4) is 5.75 Å². The number of ether oxygens (including phenoxy) is 1. The Morgan fingerprint density at radius 1 is 1.06 bits per heavy atom. The van der Waals surface area contributed by atoms with Gasteiger partial charge in [-0.15, -0.1) is 0 Å². The second kappa shape index (κ2) is 8.93. The van der Waals surface area contributed by atoms with Gasteiger partial charge in [0, 0.05) is 29.8 Å². The molecule has 0 radical (unpaired) electrons. The molecule has 6 rings (SSSR count). The molecule has 4 aliphatic rings. The number of carbonyl (C=O) groups excluding carboxylic acids is 2. The van der Waals surface area contributed by atoms with Crippen LogP contribution in [0.5, 0.6) is 5.75 Å². The third-order valence-corrected chi connectivity index (χ3v) is 7.51. The van der Waals surface area contributed by atoms with Crippen molar-refractivity contribution in [2.75, 3.05) is 31.5 Å².